The zero-order valence-corrected chi connectivity index (χ0v) is 17.0. The molecule has 7 nitrogen and oxygen atoms in total. The van der Waals surface area contributed by atoms with Crippen molar-refractivity contribution in [2.24, 2.45) is 0 Å². The third-order valence-corrected chi connectivity index (χ3v) is 4.78. The highest BCUT2D eigenvalue weighted by molar-refractivity contribution is 5.74. The first kappa shape index (κ1) is 19.7. The van der Waals surface area contributed by atoms with Crippen LogP contribution in [0.3, 0.4) is 0 Å². The van der Waals surface area contributed by atoms with Crippen molar-refractivity contribution in [2.75, 3.05) is 13.6 Å². The summed E-state index contributed by atoms with van der Waals surface area (Å²) < 4.78 is 3.80. The third-order valence-electron chi connectivity index (χ3n) is 4.78. The summed E-state index contributed by atoms with van der Waals surface area (Å²) in [6, 6.07) is 11.8. The summed E-state index contributed by atoms with van der Waals surface area (Å²) >= 11 is 0. The average Bonchev–Trinajstić information content (AvgIpc) is 3.29. The summed E-state index contributed by atoms with van der Waals surface area (Å²) in [5.41, 5.74) is 4.13. The van der Waals surface area contributed by atoms with Gasteiger partial charge in [-0.05, 0) is 45.4 Å². The molecule has 0 bridgehead atoms. The van der Waals surface area contributed by atoms with E-state index in [1.807, 2.05) is 73.7 Å². The van der Waals surface area contributed by atoms with Crippen molar-refractivity contribution >= 4 is 6.03 Å². The van der Waals surface area contributed by atoms with Crippen LogP contribution in [0, 0.1) is 13.8 Å². The number of urea groups is 1. The van der Waals surface area contributed by atoms with Gasteiger partial charge in [0.05, 0.1) is 23.6 Å². The third kappa shape index (κ3) is 4.79. The molecule has 0 saturated carbocycles. The molecule has 2 aromatic heterocycles. The monoisotopic (exact) mass is 380 g/mol. The highest BCUT2D eigenvalue weighted by Gasteiger charge is 2.15. The number of benzene rings is 1. The van der Waals surface area contributed by atoms with Gasteiger partial charge in [0.2, 0.25) is 0 Å². The van der Waals surface area contributed by atoms with Crippen molar-refractivity contribution in [3.8, 4) is 5.69 Å². The molecule has 1 unspecified atom stereocenters. The lowest BCUT2D eigenvalue weighted by atomic mass is 10.2. The topological polar surface area (TPSA) is 68.0 Å². The predicted molar refractivity (Wildman–Crippen MR) is 109 cm³/mol. The Morgan fingerprint density at radius 2 is 2.00 bits per heavy atom. The highest BCUT2D eigenvalue weighted by Crippen LogP contribution is 2.14. The summed E-state index contributed by atoms with van der Waals surface area (Å²) in [6.07, 6.45) is 4.59. The normalized spacial score (nSPS) is 12.0. The lowest BCUT2D eigenvalue weighted by molar-refractivity contribution is 0.204. The van der Waals surface area contributed by atoms with E-state index in [0.717, 1.165) is 35.6 Å². The van der Waals surface area contributed by atoms with Gasteiger partial charge in [0.15, 0.2) is 0 Å². The minimum absolute atomic E-state index is 0.0895. The van der Waals surface area contributed by atoms with Gasteiger partial charge in [-0.2, -0.15) is 10.2 Å². The van der Waals surface area contributed by atoms with Crippen molar-refractivity contribution in [1.82, 2.24) is 29.8 Å². The van der Waals surface area contributed by atoms with Crippen molar-refractivity contribution in [1.29, 1.82) is 0 Å². The first-order chi connectivity index (χ1) is 13.4. The number of carbonyl (C=O) groups is 1. The highest BCUT2D eigenvalue weighted by atomic mass is 16.2. The number of hydrogen-bond acceptors (Lipinski definition) is 3. The minimum Gasteiger partial charge on any atom is -0.331 e. The predicted octanol–water partition coefficient (Wildman–Crippen LogP) is 3.48. The fourth-order valence-electron chi connectivity index (χ4n) is 3.12. The van der Waals surface area contributed by atoms with Gasteiger partial charge in [-0.15, -0.1) is 0 Å². The molecule has 0 aliphatic carbocycles. The van der Waals surface area contributed by atoms with Crippen LogP contribution in [0.4, 0.5) is 4.79 Å². The minimum atomic E-state index is -0.122. The van der Waals surface area contributed by atoms with Crippen LogP contribution in [0.1, 0.15) is 36.3 Å². The van der Waals surface area contributed by atoms with Crippen LogP contribution in [0.2, 0.25) is 0 Å². The molecule has 0 aliphatic rings. The first-order valence-corrected chi connectivity index (χ1v) is 9.56. The quantitative estimate of drug-likeness (QED) is 0.682. The van der Waals surface area contributed by atoms with Crippen LogP contribution in [0.25, 0.3) is 5.69 Å². The van der Waals surface area contributed by atoms with Crippen LogP contribution in [0.5, 0.6) is 0 Å². The van der Waals surface area contributed by atoms with E-state index in [9.17, 15) is 4.79 Å². The molecule has 0 fully saturated rings. The molecule has 28 heavy (non-hydrogen) atoms. The summed E-state index contributed by atoms with van der Waals surface area (Å²) in [4.78, 5) is 14.2. The molecule has 3 rings (SSSR count). The largest absolute Gasteiger partial charge is 0.331 e. The van der Waals surface area contributed by atoms with Gasteiger partial charge in [0, 0.05) is 37.6 Å². The molecule has 0 aliphatic heterocycles. The maximum atomic E-state index is 12.5. The number of rotatable bonds is 7. The van der Waals surface area contributed by atoms with Gasteiger partial charge in [-0.3, -0.25) is 4.68 Å². The molecule has 3 aromatic rings. The Balaban J connectivity index is 1.49. The Morgan fingerprint density at radius 1 is 1.25 bits per heavy atom. The van der Waals surface area contributed by atoms with Crippen molar-refractivity contribution < 1.29 is 4.79 Å². The second-order valence-corrected chi connectivity index (χ2v) is 7.15. The fourth-order valence-corrected chi connectivity index (χ4v) is 3.12. The number of aryl methyl sites for hydroxylation is 3. The number of carbonyl (C=O) groups excluding carboxylic acids is 1. The second kappa shape index (κ2) is 8.73. The van der Waals surface area contributed by atoms with Crippen molar-refractivity contribution in [2.45, 2.75) is 39.8 Å². The van der Waals surface area contributed by atoms with E-state index in [0.29, 0.717) is 6.54 Å². The molecule has 0 saturated heterocycles. The number of hydrogen-bond donors (Lipinski definition) is 1. The van der Waals surface area contributed by atoms with Gasteiger partial charge in [-0.1, -0.05) is 18.2 Å². The average molecular weight is 380 g/mol. The van der Waals surface area contributed by atoms with Crippen LogP contribution < -0.4 is 5.32 Å². The molecular weight excluding hydrogens is 352 g/mol. The lowest BCUT2D eigenvalue weighted by Crippen LogP contribution is -2.39. The molecular formula is C21H28N6O. The van der Waals surface area contributed by atoms with Gasteiger partial charge < -0.3 is 10.2 Å². The van der Waals surface area contributed by atoms with E-state index in [2.05, 4.69) is 21.6 Å². The molecule has 7 heteroatoms. The van der Waals surface area contributed by atoms with Gasteiger partial charge in [0.1, 0.15) is 0 Å². The summed E-state index contributed by atoms with van der Waals surface area (Å²) in [5, 5.41) is 11.9. The van der Waals surface area contributed by atoms with Crippen LogP contribution in [0.15, 0.2) is 48.8 Å². The molecule has 1 aromatic carbocycles. The van der Waals surface area contributed by atoms with Crippen LogP contribution in [-0.2, 0) is 6.54 Å². The van der Waals surface area contributed by atoms with Crippen LogP contribution >= 0.6 is 0 Å². The van der Waals surface area contributed by atoms with Gasteiger partial charge >= 0.3 is 6.03 Å². The molecule has 0 radical (unpaired) electrons. The standard InChI is InChI=1S/C21H28N6O/c1-16-13-17(2)26(24-16)12-8-11-25(4)21(28)23-18(3)19-14-22-27(15-19)20-9-6-5-7-10-20/h5-7,9-10,13-15,18H,8,11-12H2,1-4H3,(H,23,28). The Kier molecular flexibility index (Phi) is 6.13. The Bertz CT molecular complexity index is 914. The SMILES string of the molecule is Cc1cc(C)n(CCCN(C)C(=O)NC(C)c2cnn(-c3ccccc3)c2)n1. The second-order valence-electron chi connectivity index (χ2n) is 7.15. The maximum Gasteiger partial charge on any atom is 0.317 e. The van der Waals surface area contributed by atoms with Gasteiger partial charge in [-0.25, -0.2) is 9.48 Å². The van der Waals surface area contributed by atoms with E-state index in [1.165, 1.54) is 0 Å². The zero-order chi connectivity index (χ0) is 20.1. The van der Waals surface area contributed by atoms with Gasteiger partial charge in [0.25, 0.3) is 0 Å². The zero-order valence-electron chi connectivity index (χ0n) is 17.0. The fraction of sp³-hybridized carbons (Fsp3) is 0.381. The molecule has 0 spiro atoms. The Hall–Kier alpha value is -3.09. The van der Waals surface area contributed by atoms with E-state index < -0.39 is 0 Å². The number of amides is 2. The summed E-state index contributed by atoms with van der Waals surface area (Å²) in [6.45, 7) is 7.48. The molecule has 1 atom stereocenters. The van der Waals surface area contributed by atoms with Crippen molar-refractivity contribution in [3.05, 3.63) is 65.7 Å². The summed E-state index contributed by atoms with van der Waals surface area (Å²) in [7, 11) is 1.82. The Labute approximate surface area is 166 Å². The van der Waals surface area contributed by atoms with Crippen molar-refractivity contribution in [3.63, 3.8) is 0 Å². The smallest absolute Gasteiger partial charge is 0.317 e. The van der Waals surface area contributed by atoms with E-state index >= 15 is 0 Å². The first-order valence-electron chi connectivity index (χ1n) is 9.56. The van der Waals surface area contributed by atoms with Crippen LogP contribution in [-0.4, -0.2) is 44.1 Å². The number of nitrogens with one attached hydrogen (secondary N) is 1. The number of aromatic nitrogens is 4. The van der Waals surface area contributed by atoms with E-state index in [4.69, 9.17) is 0 Å². The summed E-state index contributed by atoms with van der Waals surface area (Å²) in [5.74, 6) is 0. The lowest BCUT2D eigenvalue weighted by Gasteiger charge is -2.21. The molecule has 2 amide bonds. The Morgan fingerprint density at radius 3 is 2.68 bits per heavy atom. The molecule has 1 N–H and O–H groups in total. The molecule has 2 heterocycles. The number of para-hydroxylation sites is 1. The molecule has 148 valence electrons. The van der Waals surface area contributed by atoms with E-state index in [-0.39, 0.29) is 12.1 Å². The van der Waals surface area contributed by atoms with E-state index in [1.54, 1.807) is 11.1 Å². The number of nitrogens with zero attached hydrogens (tertiary/aromatic N) is 5. The maximum absolute atomic E-state index is 12.5.